The molecule has 5 heteroatoms. The minimum Gasteiger partial charge on any atom is -0.390 e. The third-order valence-corrected chi connectivity index (χ3v) is 1.63. The van der Waals surface area contributed by atoms with Crippen LogP contribution in [-0.4, -0.2) is 25.0 Å². The van der Waals surface area contributed by atoms with E-state index in [4.69, 9.17) is 5.11 Å². The first-order chi connectivity index (χ1) is 6.40. The molecule has 0 aliphatic heterocycles. The predicted octanol–water partition coefficient (Wildman–Crippen LogP) is 0.359. The van der Waals surface area contributed by atoms with Crippen molar-refractivity contribution in [3.63, 3.8) is 0 Å². The van der Waals surface area contributed by atoms with Crippen LogP contribution >= 0.6 is 0 Å². The van der Waals surface area contributed by atoms with Gasteiger partial charge in [0.25, 0.3) is 0 Å². The van der Waals surface area contributed by atoms with Crippen molar-refractivity contribution < 1.29 is 5.11 Å². The van der Waals surface area contributed by atoms with Gasteiger partial charge in [0.1, 0.15) is 12.2 Å². The standard InChI is InChI=1S/C8H8N4O/c13-4-7-3-11-8(12-7)6-1-9-5-10-2-6/h1-3,5,13H,4H2,(H,11,12). The van der Waals surface area contributed by atoms with Gasteiger partial charge in [-0.3, -0.25) is 0 Å². The summed E-state index contributed by atoms with van der Waals surface area (Å²) in [5.74, 6) is 0.671. The van der Waals surface area contributed by atoms with Crippen LogP contribution in [0.25, 0.3) is 11.4 Å². The fraction of sp³-hybridized carbons (Fsp3) is 0.125. The second-order valence-corrected chi connectivity index (χ2v) is 2.54. The van der Waals surface area contributed by atoms with E-state index in [1.165, 1.54) is 6.33 Å². The summed E-state index contributed by atoms with van der Waals surface area (Å²) in [6.45, 7) is -0.0410. The molecule has 2 rings (SSSR count). The van der Waals surface area contributed by atoms with E-state index >= 15 is 0 Å². The molecule has 2 heterocycles. The number of hydrogen-bond acceptors (Lipinski definition) is 4. The van der Waals surface area contributed by atoms with Gasteiger partial charge in [-0.25, -0.2) is 15.0 Å². The van der Waals surface area contributed by atoms with Gasteiger partial charge in [-0.1, -0.05) is 0 Å². The Morgan fingerprint density at radius 3 is 2.62 bits per heavy atom. The van der Waals surface area contributed by atoms with Gasteiger partial charge >= 0.3 is 0 Å². The Morgan fingerprint density at radius 2 is 2.00 bits per heavy atom. The number of imidazole rings is 1. The second kappa shape index (κ2) is 3.32. The molecule has 2 N–H and O–H groups in total. The van der Waals surface area contributed by atoms with Crippen molar-refractivity contribution in [3.05, 3.63) is 30.6 Å². The molecule has 0 radical (unpaired) electrons. The van der Waals surface area contributed by atoms with Crippen LogP contribution in [-0.2, 0) is 6.61 Å². The van der Waals surface area contributed by atoms with Gasteiger partial charge in [-0.2, -0.15) is 0 Å². The molecule has 0 spiro atoms. The molecule has 0 fully saturated rings. The van der Waals surface area contributed by atoms with Crippen LogP contribution in [0.1, 0.15) is 5.69 Å². The zero-order chi connectivity index (χ0) is 9.10. The summed E-state index contributed by atoms with van der Waals surface area (Å²) < 4.78 is 0. The van der Waals surface area contributed by atoms with Crippen molar-refractivity contribution in [2.75, 3.05) is 0 Å². The maximum absolute atomic E-state index is 8.80. The summed E-state index contributed by atoms with van der Waals surface area (Å²) in [5.41, 5.74) is 1.49. The van der Waals surface area contributed by atoms with E-state index in [-0.39, 0.29) is 6.61 Å². The molecule has 13 heavy (non-hydrogen) atoms. The molecule has 0 saturated carbocycles. The van der Waals surface area contributed by atoms with Crippen LogP contribution in [0.4, 0.5) is 0 Å². The van der Waals surface area contributed by atoms with Crippen LogP contribution in [0.3, 0.4) is 0 Å². The summed E-state index contributed by atoms with van der Waals surface area (Å²) in [5, 5.41) is 8.80. The highest BCUT2D eigenvalue weighted by atomic mass is 16.3. The molecule has 0 amide bonds. The summed E-state index contributed by atoms with van der Waals surface area (Å²) in [6, 6.07) is 0. The quantitative estimate of drug-likeness (QED) is 0.692. The average Bonchev–Trinajstić information content (AvgIpc) is 2.67. The van der Waals surface area contributed by atoms with Crippen molar-refractivity contribution in [1.82, 2.24) is 19.9 Å². The normalized spacial score (nSPS) is 10.2. The third-order valence-electron chi connectivity index (χ3n) is 1.63. The lowest BCUT2D eigenvalue weighted by Crippen LogP contribution is -1.85. The SMILES string of the molecule is OCc1cnc(-c2cncnc2)[nH]1. The third kappa shape index (κ3) is 1.54. The van der Waals surface area contributed by atoms with Crippen LogP contribution in [0.2, 0.25) is 0 Å². The van der Waals surface area contributed by atoms with E-state index in [1.807, 2.05) is 0 Å². The number of aliphatic hydroxyl groups is 1. The maximum Gasteiger partial charge on any atom is 0.140 e. The minimum absolute atomic E-state index is 0.0410. The van der Waals surface area contributed by atoms with Crippen molar-refractivity contribution in [3.8, 4) is 11.4 Å². The van der Waals surface area contributed by atoms with Gasteiger partial charge in [0.05, 0.1) is 24.1 Å². The smallest absolute Gasteiger partial charge is 0.140 e. The van der Waals surface area contributed by atoms with Gasteiger partial charge in [0, 0.05) is 12.4 Å². The molecule has 0 aliphatic rings. The Morgan fingerprint density at radius 1 is 1.23 bits per heavy atom. The van der Waals surface area contributed by atoms with E-state index in [9.17, 15) is 0 Å². The molecule has 5 nitrogen and oxygen atoms in total. The Bertz CT molecular complexity index is 384. The number of nitrogens with zero attached hydrogens (tertiary/aromatic N) is 3. The van der Waals surface area contributed by atoms with Gasteiger partial charge in [0.2, 0.25) is 0 Å². The van der Waals surface area contributed by atoms with E-state index < -0.39 is 0 Å². The number of hydrogen-bond donors (Lipinski definition) is 2. The second-order valence-electron chi connectivity index (χ2n) is 2.54. The Labute approximate surface area is 74.5 Å². The zero-order valence-corrected chi connectivity index (χ0v) is 6.81. The fourth-order valence-corrected chi connectivity index (χ4v) is 1.01. The number of aromatic nitrogens is 4. The largest absolute Gasteiger partial charge is 0.390 e. The summed E-state index contributed by atoms with van der Waals surface area (Å²) >= 11 is 0. The molecule has 2 aromatic heterocycles. The minimum atomic E-state index is -0.0410. The topological polar surface area (TPSA) is 74.7 Å². The number of aromatic amines is 1. The van der Waals surface area contributed by atoms with Crippen LogP contribution in [0.5, 0.6) is 0 Å². The van der Waals surface area contributed by atoms with Crippen molar-refractivity contribution in [2.45, 2.75) is 6.61 Å². The van der Waals surface area contributed by atoms with Crippen molar-refractivity contribution >= 4 is 0 Å². The molecule has 0 unspecified atom stereocenters. The first-order valence-electron chi connectivity index (χ1n) is 3.80. The monoisotopic (exact) mass is 176 g/mol. The molecular formula is C8H8N4O. The van der Waals surface area contributed by atoms with Crippen LogP contribution in [0.15, 0.2) is 24.9 Å². The molecule has 0 atom stereocenters. The van der Waals surface area contributed by atoms with E-state index in [0.29, 0.717) is 11.5 Å². The molecule has 2 aromatic rings. The first-order valence-corrected chi connectivity index (χ1v) is 3.80. The summed E-state index contributed by atoms with van der Waals surface area (Å²) in [7, 11) is 0. The van der Waals surface area contributed by atoms with Crippen molar-refractivity contribution in [1.29, 1.82) is 0 Å². The van der Waals surface area contributed by atoms with E-state index in [0.717, 1.165) is 5.56 Å². The molecule has 0 saturated heterocycles. The molecular weight excluding hydrogens is 168 g/mol. The maximum atomic E-state index is 8.80. The summed E-state index contributed by atoms with van der Waals surface area (Å²) in [4.78, 5) is 14.7. The summed E-state index contributed by atoms with van der Waals surface area (Å²) in [6.07, 6.45) is 6.36. The zero-order valence-electron chi connectivity index (χ0n) is 6.81. The number of rotatable bonds is 2. The Kier molecular flexibility index (Phi) is 2.01. The van der Waals surface area contributed by atoms with Crippen LogP contribution < -0.4 is 0 Å². The highest BCUT2D eigenvalue weighted by Crippen LogP contribution is 2.11. The van der Waals surface area contributed by atoms with Gasteiger partial charge in [-0.05, 0) is 0 Å². The fourth-order valence-electron chi connectivity index (χ4n) is 1.01. The lowest BCUT2D eigenvalue weighted by molar-refractivity contribution is 0.277. The number of H-pyrrole nitrogens is 1. The number of aliphatic hydroxyl groups excluding tert-OH is 1. The lowest BCUT2D eigenvalue weighted by atomic mass is 10.3. The van der Waals surface area contributed by atoms with Crippen molar-refractivity contribution in [2.24, 2.45) is 0 Å². The first kappa shape index (κ1) is 7.88. The molecule has 0 aromatic carbocycles. The van der Waals surface area contributed by atoms with Gasteiger partial charge in [0.15, 0.2) is 0 Å². The van der Waals surface area contributed by atoms with Crippen LogP contribution in [0, 0.1) is 0 Å². The lowest BCUT2D eigenvalue weighted by Gasteiger charge is -1.92. The van der Waals surface area contributed by atoms with E-state index in [2.05, 4.69) is 19.9 Å². The van der Waals surface area contributed by atoms with Gasteiger partial charge < -0.3 is 10.1 Å². The average molecular weight is 176 g/mol. The highest BCUT2D eigenvalue weighted by Gasteiger charge is 2.01. The Hall–Kier alpha value is -1.75. The molecule has 0 bridgehead atoms. The number of nitrogens with one attached hydrogen (secondary N) is 1. The molecule has 66 valence electrons. The highest BCUT2D eigenvalue weighted by molar-refractivity contribution is 5.51. The van der Waals surface area contributed by atoms with E-state index in [1.54, 1.807) is 18.6 Å². The van der Waals surface area contributed by atoms with Gasteiger partial charge in [-0.15, -0.1) is 0 Å². The predicted molar refractivity (Wildman–Crippen MR) is 45.5 cm³/mol. The molecule has 0 aliphatic carbocycles. The Balaban J connectivity index is 2.36.